The zero-order chi connectivity index (χ0) is 8.93. The summed E-state index contributed by atoms with van der Waals surface area (Å²) in [6.45, 7) is 0. The van der Waals surface area contributed by atoms with Crippen LogP contribution >= 0.6 is 11.3 Å². The van der Waals surface area contributed by atoms with Crippen molar-refractivity contribution in [3.63, 3.8) is 0 Å². The van der Waals surface area contributed by atoms with Gasteiger partial charge in [0.1, 0.15) is 0 Å². The van der Waals surface area contributed by atoms with E-state index in [-0.39, 0.29) is 52.8 Å². The van der Waals surface area contributed by atoms with E-state index in [4.69, 9.17) is 0 Å². The Hall–Kier alpha value is 0.556. The molecule has 0 bridgehead atoms. The van der Waals surface area contributed by atoms with Crippen molar-refractivity contribution in [3.05, 3.63) is 58.3 Å². The molecular weight excluding hydrogens is 215 g/mol. The molecule has 2 aromatic rings. The minimum Gasteiger partial charge on any atom is -1.00 e. The molecular formula is C12H13KS. The first-order chi connectivity index (χ1) is 6.45. The molecule has 0 spiro atoms. The number of thiophene rings is 1. The van der Waals surface area contributed by atoms with E-state index in [2.05, 4.69) is 47.8 Å². The van der Waals surface area contributed by atoms with Crippen LogP contribution in [0.1, 0.15) is 11.9 Å². The number of benzene rings is 1. The van der Waals surface area contributed by atoms with Crippen LogP contribution in [0.25, 0.3) is 0 Å². The van der Waals surface area contributed by atoms with E-state index in [1.165, 1.54) is 16.9 Å². The summed E-state index contributed by atoms with van der Waals surface area (Å²) in [4.78, 5) is 1.48. The molecule has 14 heavy (non-hydrogen) atoms. The average molecular weight is 228 g/mol. The van der Waals surface area contributed by atoms with Gasteiger partial charge in [-0.3, -0.25) is 0 Å². The summed E-state index contributed by atoms with van der Waals surface area (Å²) in [5.41, 5.74) is 1.43. The van der Waals surface area contributed by atoms with Crippen molar-refractivity contribution in [2.24, 2.45) is 0 Å². The Morgan fingerprint density at radius 2 is 1.71 bits per heavy atom. The molecule has 1 aromatic heterocycles. The van der Waals surface area contributed by atoms with Crippen molar-refractivity contribution < 1.29 is 52.8 Å². The summed E-state index contributed by atoms with van der Waals surface area (Å²) in [7, 11) is 0. The van der Waals surface area contributed by atoms with Gasteiger partial charge in [0.05, 0.1) is 0 Å². The summed E-state index contributed by atoms with van der Waals surface area (Å²) in [5.74, 6) is 0. The monoisotopic (exact) mass is 228 g/mol. The van der Waals surface area contributed by atoms with Gasteiger partial charge in [0.25, 0.3) is 0 Å². The molecule has 68 valence electrons. The largest absolute Gasteiger partial charge is 1.00 e. The summed E-state index contributed by atoms with van der Waals surface area (Å²) in [5, 5.41) is 2.14. The third-order valence-electron chi connectivity index (χ3n) is 2.08. The molecule has 0 radical (unpaired) electrons. The summed E-state index contributed by atoms with van der Waals surface area (Å²) >= 11 is 1.84. The summed E-state index contributed by atoms with van der Waals surface area (Å²) < 4.78 is 0. The van der Waals surface area contributed by atoms with Crippen LogP contribution < -0.4 is 51.4 Å². The standard InChI is InChI=1S/C12H12S.K.H/c1-2-5-11(6-3-1)8-9-12-7-4-10-13-12;;/h1-7,10H,8-9H2;;/q;+1;-1. The van der Waals surface area contributed by atoms with E-state index >= 15 is 0 Å². The zero-order valence-electron chi connectivity index (χ0n) is 9.44. The molecule has 1 heterocycles. The van der Waals surface area contributed by atoms with Gasteiger partial charge in [0.15, 0.2) is 0 Å². The fourth-order valence-corrected chi connectivity index (χ4v) is 2.08. The van der Waals surface area contributed by atoms with Crippen LogP contribution in [0.4, 0.5) is 0 Å². The summed E-state index contributed by atoms with van der Waals surface area (Å²) in [6.07, 6.45) is 2.32. The van der Waals surface area contributed by atoms with E-state index in [0.29, 0.717) is 0 Å². The van der Waals surface area contributed by atoms with E-state index in [1.54, 1.807) is 0 Å². The summed E-state index contributed by atoms with van der Waals surface area (Å²) in [6, 6.07) is 15.0. The van der Waals surface area contributed by atoms with Crippen molar-refractivity contribution >= 4 is 11.3 Å². The Labute approximate surface area is 133 Å². The van der Waals surface area contributed by atoms with Crippen LogP contribution in [0.2, 0.25) is 0 Å². The quantitative estimate of drug-likeness (QED) is 0.677. The Balaban J connectivity index is 0.000000980. The zero-order valence-corrected chi connectivity index (χ0v) is 12.4. The Morgan fingerprint density at radius 3 is 2.36 bits per heavy atom. The van der Waals surface area contributed by atoms with Crippen LogP contribution in [-0.2, 0) is 12.8 Å². The van der Waals surface area contributed by atoms with Crippen LogP contribution in [0.3, 0.4) is 0 Å². The smallest absolute Gasteiger partial charge is 1.00 e. The van der Waals surface area contributed by atoms with Crippen LogP contribution in [-0.4, -0.2) is 0 Å². The van der Waals surface area contributed by atoms with Gasteiger partial charge in [-0.1, -0.05) is 36.4 Å². The molecule has 0 aliphatic carbocycles. The second kappa shape index (κ2) is 6.93. The third-order valence-corrected chi connectivity index (χ3v) is 3.02. The molecule has 0 aliphatic heterocycles. The first-order valence-corrected chi connectivity index (χ1v) is 5.39. The van der Waals surface area contributed by atoms with Gasteiger partial charge in [0, 0.05) is 4.88 Å². The maximum atomic E-state index is 2.20. The Kier molecular flexibility index (Phi) is 6.25. The van der Waals surface area contributed by atoms with Gasteiger partial charge in [-0.2, -0.15) is 0 Å². The minimum atomic E-state index is 0. The molecule has 0 unspecified atom stereocenters. The second-order valence-corrected chi connectivity index (χ2v) is 4.10. The van der Waals surface area contributed by atoms with E-state index in [1.807, 2.05) is 11.3 Å². The molecule has 0 saturated carbocycles. The topological polar surface area (TPSA) is 0 Å². The average Bonchev–Trinajstić information content (AvgIpc) is 2.69. The van der Waals surface area contributed by atoms with Crippen molar-refractivity contribution in [2.45, 2.75) is 12.8 Å². The maximum absolute atomic E-state index is 2.20. The Bertz CT molecular complexity index is 345. The molecule has 0 saturated heterocycles. The minimum absolute atomic E-state index is 0. The van der Waals surface area contributed by atoms with Crippen LogP contribution in [0.15, 0.2) is 47.8 Å². The molecule has 2 heteroatoms. The normalized spacial score (nSPS) is 9.43. The molecule has 0 aliphatic rings. The molecule has 0 amide bonds. The van der Waals surface area contributed by atoms with E-state index in [0.717, 1.165) is 6.42 Å². The molecule has 0 fully saturated rings. The van der Waals surface area contributed by atoms with Gasteiger partial charge in [0.2, 0.25) is 0 Å². The third kappa shape index (κ3) is 3.97. The van der Waals surface area contributed by atoms with Crippen molar-refractivity contribution in [1.82, 2.24) is 0 Å². The number of rotatable bonds is 3. The number of hydrogen-bond acceptors (Lipinski definition) is 1. The van der Waals surface area contributed by atoms with E-state index in [9.17, 15) is 0 Å². The van der Waals surface area contributed by atoms with Gasteiger partial charge in [-0.05, 0) is 29.9 Å². The predicted octanol–water partition coefficient (Wildman–Crippen LogP) is 0.650. The Morgan fingerprint density at radius 1 is 0.929 bits per heavy atom. The van der Waals surface area contributed by atoms with Gasteiger partial charge < -0.3 is 1.43 Å². The van der Waals surface area contributed by atoms with Gasteiger partial charge >= 0.3 is 51.4 Å². The molecule has 2 rings (SSSR count). The predicted molar refractivity (Wildman–Crippen MR) is 59.3 cm³/mol. The number of aryl methyl sites for hydroxylation is 2. The van der Waals surface area contributed by atoms with Crippen molar-refractivity contribution in [3.8, 4) is 0 Å². The van der Waals surface area contributed by atoms with Crippen molar-refractivity contribution in [2.75, 3.05) is 0 Å². The molecule has 0 atom stereocenters. The molecule has 0 nitrogen and oxygen atoms in total. The maximum Gasteiger partial charge on any atom is 1.00 e. The van der Waals surface area contributed by atoms with E-state index < -0.39 is 0 Å². The second-order valence-electron chi connectivity index (χ2n) is 3.06. The SMILES string of the molecule is [H-].[K+].c1ccc(CCc2cccs2)cc1. The van der Waals surface area contributed by atoms with Gasteiger partial charge in [-0.25, -0.2) is 0 Å². The van der Waals surface area contributed by atoms with Crippen LogP contribution in [0.5, 0.6) is 0 Å². The van der Waals surface area contributed by atoms with Gasteiger partial charge in [-0.15, -0.1) is 11.3 Å². The first kappa shape index (κ1) is 12.6. The fourth-order valence-electron chi connectivity index (χ4n) is 1.37. The molecule has 1 aromatic carbocycles. The van der Waals surface area contributed by atoms with Crippen LogP contribution in [0, 0.1) is 0 Å². The molecule has 0 N–H and O–H groups in total. The first-order valence-electron chi connectivity index (χ1n) is 4.51. The number of hydrogen-bond donors (Lipinski definition) is 0. The fraction of sp³-hybridized carbons (Fsp3) is 0.167. The van der Waals surface area contributed by atoms with Crippen molar-refractivity contribution in [1.29, 1.82) is 0 Å².